The van der Waals surface area contributed by atoms with Crippen molar-refractivity contribution >= 4 is 29.1 Å². The number of aromatic nitrogens is 4. The van der Waals surface area contributed by atoms with Gasteiger partial charge in [0.05, 0.1) is 21.3 Å². The predicted octanol–water partition coefficient (Wildman–Crippen LogP) is 1.65. The minimum Gasteiger partial charge on any atom is -0.350 e. The minimum atomic E-state index is -0.602. The number of carbonyl (C=O) groups is 2. The van der Waals surface area contributed by atoms with E-state index in [1.54, 1.807) is 18.5 Å². The van der Waals surface area contributed by atoms with Crippen LogP contribution in [0.3, 0.4) is 0 Å². The maximum Gasteiger partial charge on any atom is 0.316 e. The molecule has 0 atom stereocenters. The highest BCUT2D eigenvalue weighted by Gasteiger charge is 2.17. The van der Waals surface area contributed by atoms with Crippen LogP contribution in [0.5, 0.6) is 0 Å². The predicted molar refractivity (Wildman–Crippen MR) is 108 cm³/mol. The summed E-state index contributed by atoms with van der Waals surface area (Å²) in [7, 11) is 0. The van der Waals surface area contributed by atoms with Crippen LogP contribution >= 0.6 is 11.6 Å². The first-order chi connectivity index (χ1) is 14.8. The molecule has 162 valence electrons. The van der Waals surface area contributed by atoms with Gasteiger partial charge in [-0.1, -0.05) is 22.8 Å². The van der Waals surface area contributed by atoms with E-state index in [2.05, 4.69) is 25.9 Å². The van der Waals surface area contributed by atoms with E-state index >= 15 is 0 Å². The number of nitrogens with zero attached hydrogens (tertiary/aromatic N) is 5. The zero-order valence-electron chi connectivity index (χ0n) is 16.6. The van der Waals surface area contributed by atoms with Crippen molar-refractivity contribution in [3.05, 3.63) is 68.1 Å². The number of nitro benzene ring substituents is 1. The molecule has 31 heavy (non-hydrogen) atoms. The molecule has 0 fully saturated rings. The van der Waals surface area contributed by atoms with Gasteiger partial charge in [0.25, 0.3) is 11.6 Å². The van der Waals surface area contributed by atoms with Crippen molar-refractivity contribution in [1.82, 2.24) is 30.6 Å². The van der Waals surface area contributed by atoms with Crippen LogP contribution < -0.4 is 10.6 Å². The number of benzene rings is 1. The third kappa shape index (κ3) is 5.22. The van der Waals surface area contributed by atoms with Crippen molar-refractivity contribution in [3.63, 3.8) is 0 Å². The molecule has 0 aliphatic rings. The van der Waals surface area contributed by atoms with E-state index in [9.17, 15) is 19.7 Å². The molecule has 0 unspecified atom stereocenters. The van der Waals surface area contributed by atoms with Gasteiger partial charge in [0.15, 0.2) is 5.82 Å². The van der Waals surface area contributed by atoms with Crippen molar-refractivity contribution in [2.75, 3.05) is 13.1 Å². The number of halogens is 1. The largest absolute Gasteiger partial charge is 0.350 e. The zero-order chi connectivity index (χ0) is 22.5. The number of amides is 2. The Hall–Kier alpha value is -3.80. The SMILES string of the molecule is Cc1nn(Cc2noc(C(=O)NCCNC(=O)c3cccc([N+](=O)[O-])c3)n2)c(C)c1Cl. The Bertz CT molecular complexity index is 1140. The van der Waals surface area contributed by atoms with E-state index in [0.717, 1.165) is 5.69 Å². The monoisotopic (exact) mass is 447 g/mol. The Kier molecular flexibility index (Phi) is 6.60. The lowest BCUT2D eigenvalue weighted by Gasteiger charge is -2.05. The van der Waals surface area contributed by atoms with Crippen LogP contribution in [0.15, 0.2) is 28.8 Å². The highest BCUT2D eigenvalue weighted by molar-refractivity contribution is 6.31. The van der Waals surface area contributed by atoms with Gasteiger partial charge in [-0.3, -0.25) is 24.4 Å². The summed E-state index contributed by atoms with van der Waals surface area (Å²) in [6.45, 7) is 3.95. The Morgan fingerprint density at radius 1 is 1.23 bits per heavy atom. The summed E-state index contributed by atoms with van der Waals surface area (Å²) in [5, 5.41) is 24.4. The smallest absolute Gasteiger partial charge is 0.316 e. The number of nitrogens with one attached hydrogen (secondary N) is 2. The van der Waals surface area contributed by atoms with Gasteiger partial charge in [-0.25, -0.2) is 0 Å². The fraction of sp³-hybridized carbons (Fsp3) is 0.278. The number of hydrogen-bond donors (Lipinski definition) is 2. The van der Waals surface area contributed by atoms with Crippen LogP contribution in [-0.4, -0.2) is 49.7 Å². The number of hydrogen-bond acceptors (Lipinski definition) is 8. The third-order valence-electron chi connectivity index (χ3n) is 4.26. The molecule has 12 nitrogen and oxygen atoms in total. The summed E-state index contributed by atoms with van der Waals surface area (Å²) in [4.78, 5) is 38.4. The number of non-ortho nitro benzene ring substituents is 1. The number of nitro groups is 1. The summed E-state index contributed by atoms with van der Waals surface area (Å²) < 4.78 is 6.57. The van der Waals surface area contributed by atoms with Crippen LogP contribution in [0.25, 0.3) is 0 Å². The van der Waals surface area contributed by atoms with Crippen molar-refractivity contribution in [2.45, 2.75) is 20.4 Å². The zero-order valence-corrected chi connectivity index (χ0v) is 17.3. The summed E-state index contributed by atoms with van der Waals surface area (Å²) in [6, 6.07) is 5.34. The molecule has 0 radical (unpaired) electrons. The Morgan fingerprint density at radius 2 is 1.94 bits per heavy atom. The molecule has 13 heteroatoms. The van der Waals surface area contributed by atoms with Gasteiger partial charge in [0.1, 0.15) is 6.54 Å². The topological polar surface area (TPSA) is 158 Å². The second-order valence-electron chi connectivity index (χ2n) is 6.48. The first-order valence-electron chi connectivity index (χ1n) is 9.09. The summed E-state index contributed by atoms with van der Waals surface area (Å²) >= 11 is 6.10. The van der Waals surface area contributed by atoms with Crippen LogP contribution in [0.4, 0.5) is 5.69 Å². The first-order valence-corrected chi connectivity index (χ1v) is 9.47. The molecule has 0 spiro atoms. The highest BCUT2D eigenvalue weighted by atomic mass is 35.5. The second-order valence-corrected chi connectivity index (χ2v) is 6.86. The molecule has 1 aromatic carbocycles. The third-order valence-corrected chi connectivity index (χ3v) is 4.81. The van der Waals surface area contributed by atoms with Gasteiger partial charge in [-0.15, -0.1) is 0 Å². The normalized spacial score (nSPS) is 10.7. The fourth-order valence-corrected chi connectivity index (χ4v) is 2.80. The molecule has 2 amide bonds. The van der Waals surface area contributed by atoms with Crippen LogP contribution in [-0.2, 0) is 6.54 Å². The van der Waals surface area contributed by atoms with Crippen molar-refractivity contribution in [2.24, 2.45) is 0 Å². The van der Waals surface area contributed by atoms with Gasteiger partial charge in [0, 0.05) is 30.8 Å². The number of carbonyl (C=O) groups excluding carboxylic acids is 2. The first kappa shape index (κ1) is 21.9. The van der Waals surface area contributed by atoms with E-state index < -0.39 is 16.7 Å². The molecule has 3 rings (SSSR count). The van der Waals surface area contributed by atoms with Crippen molar-refractivity contribution in [1.29, 1.82) is 0 Å². The molecule has 3 aromatic rings. The summed E-state index contributed by atoms with van der Waals surface area (Å²) in [5.41, 5.74) is 1.38. The van der Waals surface area contributed by atoms with E-state index in [0.29, 0.717) is 10.7 Å². The van der Waals surface area contributed by atoms with E-state index in [1.807, 2.05) is 0 Å². The average molecular weight is 448 g/mol. The van der Waals surface area contributed by atoms with Crippen molar-refractivity contribution in [3.8, 4) is 0 Å². The average Bonchev–Trinajstić information content (AvgIpc) is 3.32. The maximum atomic E-state index is 12.1. The number of rotatable bonds is 8. The Labute approximate surface area is 180 Å². The van der Waals surface area contributed by atoms with Crippen molar-refractivity contribution < 1.29 is 19.0 Å². The van der Waals surface area contributed by atoms with Crippen LogP contribution in [0.2, 0.25) is 5.02 Å². The molecular formula is C18H18ClN7O5. The lowest BCUT2D eigenvalue weighted by atomic mass is 10.2. The molecule has 2 heterocycles. The van der Waals surface area contributed by atoms with Gasteiger partial charge < -0.3 is 15.2 Å². The molecule has 0 saturated heterocycles. The molecule has 0 aliphatic carbocycles. The van der Waals surface area contributed by atoms with Crippen LogP contribution in [0, 0.1) is 24.0 Å². The molecule has 0 saturated carbocycles. The molecule has 0 aliphatic heterocycles. The molecule has 0 bridgehead atoms. The minimum absolute atomic E-state index is 0.0876. The highest BCUT2D eigenvalue weighted by Crippen LogP contribution is 2.19. The Balaban J connectivity index is 1.48. The van der Waals surface area contributed by atoms with Gasteiger partial charge in [-0.05, 0) is 19.9 Å². The van der Waals surface area contributed by atoms with E-state index in [1.165, 1.54) is 24.3 Å². The van der Waals surface area contributed by atoms with Crippen LogP contribution in [0.1, 0.15) is 38.3 Å². The standard InChI is InChI=1S/C18H18ClN7O5/c1-10-15(19)11(2)25(23-10)9-14-22-18(31-24-14)17(28)21-7-6-20-16(27)12-4-3-5-13(8-12)26(29)30/h3-5,8H,6-7,9H2,1-2H3,(H,20,27)(H,21,28). The van der Waals surface area contributed by atoms with Gasteiger partial charge in [0.2, 0.25) is 0 Å². The number of aryl methyl sites for hydroxylation is 1. The molecule has 2 aromatic heterocycles. The fourth-order valence-electron chi connectivity index (χ4n) is 2.66. The molecular weight excluding hydrogens is 430 g/mol. The summed E-state index contributed by atoms with van der Waals surface area (Å²) in [5.74, 6) is -1.07. The molecule has 2 N–H and O–H groups in total. The quantitative estimate of drug-likeness (QED) is 0.299. The van der Waals surface area contributed by atoms with Gasteiger partial charge >= 0.3 is 11.8 Å². The maximum absolute atomic E-state index is 12.1. The lowest BCUT2D eigenvalue weighted by Crippen LogP contribution is -2.34. The Morgan fingerprint density at radius 3 is 2.58 bits per heavy atom. The second kappa shape index (κ2) is 9.34. The van der Waals surface area contributed by atoms with E-state index in [-0.39, 0.29) is 42.6 Å². The van der Waals surface area contributed by atoms with E-state index in [4.69, 9.17) is 16.1 Å². The van der Waals surface area contributed by atoms with Gasteiger partial charge in [-0.2, -0.15) is 10.1 Å². The summed E-state index contributed by atoms with van der Waals surface area (Å²) in [6.07, 6.45) is 0. The lowest BCUT2D eigenvalue weighted by molar-refractivity contribution is -0.384.